The SMILES string of the molecule is CCc1nn(CC)c(CC(NC(C)=O)C(=O)O)c1Cl. The number of hydrogen-bond donors (Lipinski definition) is 2. The molecule has 0 saturated heterocycles. The summed E-state index contributed by atoms with van der Waals surface area (Å²) >= 11 is 6.20. The van der Waals surface area contributed by atoms with Crippen molar-refractivity contribution in [1.82, 2.24) is 15.1 Å². The maximum atomic E-state index is 11.1. The van der Waals surface area contributed by atoms with Crippen LogP contribution in [0.5, 0.6) is 0 Å². The third-order valence-electron chi connectivity index (χ3n) is 2.77. The second-order valence-corrected chi connectivity index (χ2v) is 4.55. The second-order valence-electron chi connectivity index (χ2n) is 4.17. The van der Waals surface area contributed by atoms with E-state index in [9.17, 15) is 9.59 Å². The van der Waals surface area contributed by atoms with Crippen molar-refractivity contribution in [3.05, 3.63) is 16.4 Å². The van der Waals surface area contributed by atoms with Crippen LogP contribution in [0, 0.1) is 0 Å². The highest BCUT2D eigenvalue weighted by molar-refractivity contribution is 6.31. The Kier molecular flexibility index (Phi) is 5.35. The number of carbonyl (C=O) groups excluding carboxylic acids is 1. The van der Waals surface area contributed by atoms with Crippen molar-refractivity contribution in [1.29, 1.82) is 0 Å². The van der Waals surface area contributed by atoms with E-state index >= 15 is 0 Å². The van der Waals surface area contributed by atoms with Crippen molar-refractivity contribution < 1.29 is 14.7 Å². The zero-order valence-corrected chi connectivity index (χ0v) is 12.0. The molecule has 106 valence electrons. The molecule has 1 heterocycles. The van der Waals surface area contributed by atoms with E-state index in [4.69, 9.17) is 16.7 Å². The Bertz CT molecular complexity index is 485. The first-order valence-corrected chi connectivity index (χ1v) is 6.52. The number of amides is 1. The summed E-state index contributed by atoms with van der Waals surface area (Å²) in [6.07, 6.45) is 0.797. The summed E-state index contributed by atoms with van der Waals surface area (Å²) in [5, 5.41) is 16.3. The molecule has 6 nitrogen and oxygen atoms in total. The van der Waals surface area contributed by atoms with Crippen molar-refractivity contribution in [2.24, 2.45) is 0 Å². The fourth-order valence-electron chi connectivity index (χ4n) is 1.85. The monoisotopic (exact) mass is 287 g/mol. The molecule has 0 fully saturated rings. The van der Waals surface area contributed by atoms with E-state index in [0.29, 0.717) is 23.7 Å². The van der Waals surface area contributed by atoms with E-state index in [0.717, 1.165) is 5.69 Å². The fourth-order valence-corrected chi connectivity index (χ4v) is 2.20. The van der Waals surface area contributed by atoms with Gasteiger partial charge in [0.25, 0.3) is 0 Å². The third-order valence-corrected chi connectivity index (χ3v) is 3.20. The van der Waals surface area contributed by atoms with Crippen molar-refractivity contribution in [2.45, 2.75) is 46.2 Å². The maximum Gasteiger partial charge on any atom is 0.326 e. The molecule has 1 atom stereocenters. The highest BCUT2D eigenvalue weighted by Gasteiger charge is 2.24. The Hall–Kier alpha value is -1.56. The van der Waals surface area contributed by atoms with E-state index in [1.165, 1.54) is 6.92 Å². The molecule has 7 heteroatoms. The van der Waals surface area contributed by atoms with Crippen LogP contribution in [0.4, 0.5) is 0 Å². The highest BCUT2D eigenvalue weighted by Crippen LogP contribution is 2.23. The molecular formula is C12H18ClN3O3. The van der Waals surface area contributed by atoms with E-state index in [-0.39, 0.29) is 12.3 Å². The maximum absolute atomic E-state index is 11.1. The Labute approximate surface area is 116 Å². The molecule has 0 bridgehead atoms. The summed E-state index contributed by atoms with van der Waals surface area (Å²) < 4.78 is 1.68. The first kappa shape index (κ1) is 15.5. The fraction of sp³-hybridized carbons (Fsp3) is 0.583. The van der Waals surface area contributed by atoms with E-state index in [2.05, 4.69) is 10.4 Å². The summed E-state index contributed by atoms with van der Waals surface area (Å²) in [6.45, 7) is 5.72. The number of halogens is 1. The van der Waals surface area contributed by atoms with E-state index in [1.54, 1.807) is 4.68 Å². The lowest BCUT2D eigenvalue weighted by Gasteiger charge is -2.14. The number of carboxylic acids is 1. The van der Waals surface area contributed by atoms with Gasteiger partial charge in [0.1, 0.15) is 6.04 Å². The lowest BCUT2D eigenvalue weighted by Crippen LogP contribution is -2.41. The predicted molar refractivity (Wildman–Crippen MR) is 71.2 cm³/mol. The smallest absolute Gasteiger partial charge is 0.326 e. The number of nitrogens with zero attached hydrogens (tertiary/aromatic N) is 2. The van der Waals surface area contributed by atoms with Gasteiger partial charge in [-0.1, -0.05) is 18.5 Å². The average molecular weight is 288 g/mol. The summed E-state index contributed by atoms with van der Waals surface area (Å²) in [7, 11) is 0. The van der Waals surface area contributed by atoms with Gasteiger partial charge in [-0.15, -0.1) is 0 Å². The molecule has 0 spiro atoms. The summed E-state index contributed by atoms with van der Waals surface area (Å²) in [5.74, 6) is -1.48. The molecule has 1 aromatic heterocycles. The van der Waals surface area contributed by atoms with Crippen LogP contribution in [-0.2, 0) is 29.0 Å². The van der Waals surface area contributed by atoms with Gasteiger partial charge in [0.2, 0.25) is 5.91 Å². The van der Waals surface area contributed by atoms with Crippen molar-refractivity contribution >= 4 is 23.5 Å². The number of nitrogens with one attached hydrogen (secondary N) is 1. The molecule has 0 aliphatic carbocycles. The zero-order chi connectivity index (χ0) is 14.6. The number of rotatable bonds is 6. The van der Waals surface area contributed by atoms with Crippen LogP contribution in [0.2, 0.25) is 5.02 Å². The number of aryl methyl sites for hydroxylation is 2. The van der Waals surface area contributed by atoms with Crippen LogP contribution in [-0.4, -0.2) is 32.8 Å². The largest absolute Gasteiger partial charge is 0.480 e. The summed E-state index contributed by atoms with van der Waals surface area (Å²) in [4.78, 5) is 22.2. The molecule has 0 saturated carbocycles. The van der Waals surface area contributed by atoms with Gasteiger partial charge in [-0.2, -0.15) is 5.10 Å². The number of aliphatic carboxylic acids is 1. The first-order chi connectivity index (χ1) is 8.90. The van der Waals surface area contributed by atoms with Crippen LogP contribution >= 0.6 is 11.6 Å². The van der Waals surface area contributed by atoms with Gasteiger partial charge in [0.05, 0.1) is 16.4 Å². The minimum atomic E-state index is -1.09. The summed E-state index contributed by atoms with van der Waals surface area (Å²) in [5.41, 5.74) is 1.38. The quantitative estimate of drug-likeness (QED) is 0.825. The van der Waals surface area contributed by atoms with Gasteiger partial charge in [-0.3, -0.25) is 9.48 Å². The molecule has 1 amide bonds. The Balaban J connectivity index is 3.04. The minimum absolute atomic E-state index is 0.120. The molecule has 2 N–H and O–H groups in total. The Morgan fingerprint density at radius 2 is 2.11 bits per heavy atom. The van der Waals surface area contributed by atoms with Gasteiger partial charge < -0.3 is 10.4 Å². The van der Waals surface area contributed by atoms with Gasteiger partial charge >= 0.3 is 5.97 Å². The van der Waals surface area contributed by atoms with Crippen LogP contribution in [0.3, 0.4) is 0 Å². The van der Waals surface area contributed by atoms with Crippen LogP contribution in [0.1, 0.15) is 32.2 Å². The summed E-state index contributed by atoms with van der Waals surface area (Å²) in [6, 6.07) is -0.998. The van der Waals surface area contributed by atoms with Crippen LogP contribution < -0.4 is 5.32 Å². The molecule has 0 aromatic carbocycles. The first-order valence-electron chi connectivity index (χ1n) is 6.14. The van der Waals surface area contributed by atoms with Gasteiger partial charge in [0.15, 0.2) is 0 Å². The Morgan fingerprint density at radius 1 is 1.47 bits per heavy atom. The standard InChI is InChI=1S/C12H18ClN3O3/c1-4-8-11(13)10(16(5-2)15-8)6-9(12(18)19)14-7(3)17/h9H,4-6H2,1-3H3,(H,14,17)(H,18,19). The molecule has 0 radical (unpaired) electrons. The van der Waals surface area contributed by atoms with Gasteiger partial charge in [0, 0.05) is 19.9 Å². The van der Waals surface area contributed by atoms with Crippen molar-refractivity contribution in [3.63, 3.8) is 0 Å². The third kappa shape index (κ3) is 3.70. The van der Waals surface area contributed by atoms with E-state index in [1.807, 2.05) is 13.8 Å². The topological polar surface area (TPSA) is 84.2 Å². The zero-order valence-electron chi connectivity index (χ0n) is 11.2. The van der Waals surface area contributed by atoms with Gasteiger partial charge in [-0.25, -0.2) is 4.79 Å². The lowest BCUT2D eigenvalue weighted by molar-refractivity contribution is -0.141. The molecule has 1 unspecified atom stereocenters. The van der Waals surface area contributed by atoms with Crippen molar-refractivity contribution in [3.8, 4) is 0 Å². The second kappa shape index (κ2) is 6.56. The molecule has 1 aromatic rings. The normalized spacial score (nSPS) is 12.2. The molecule has 0 aliphatic rings. The van der Waals surface area contributed by atoms with Crippen LogP contribution in [0.25, 0.3) is 0 Å². The number of aromatic nitrogens is 2. The minimum Gasteiger partial charge on any atom is -0.480 e. The highest BCUT2D eigenvalue weighted by atomic mass is 35.5. The van der Waals surface area contributed by atoms with Gasteiger partial charge in [-0.05, 0) is 13.3 Å². The number of hydrogen-bond acceptors (Lipinski definition) is 3. The van der Waals surface area contributed by atoms with E-state index < -0.39 is 12.0 Å². The Morgan fingerprint density at radius 3 is 2.53 bits per heavy atom. The van der Waals surface area contributed by atoms with Crippen molar-refractivity contribution in [2.75, 3.05) is 0 Å². The predicted octanol–water partition coefficient (Wildman–Crippen LogP) is 1.25. The molecular weight excluding hydrogens is 270 g/mol. The molecule has 1 rings (SSSR count). The average Bonchev–Trinajstić information content (AvgIpc) is 2.64. The molecule has 0 aliphatic heterocycles. The number of carbonyl (C=O) groups is 2. The number of carboxylic acid groups (broad SMARTS) is 1. The lowest BCUT2D eigenvalue weighted by atomic mass is 10.1. The molecule has 19 heavy (non-hydrogen) atoms. The van der Waals surface area contributed by atoms with Crippen LogP contribution in [0.15, 0.2) is 0 Å².